The van der Waals surface area contributed by atoms with Gasteiger partial charge in [0, 0.05) is 34.0 Å². The molecule has 0 N–H and O–H groups in total. The summed E-state index contributed by atoms with van der Waals surface area (Å²) in [5.41, 5.74) is 4.47. The van der Waals surface area contributed by atoms with Crippen LogP contribution in [0.5, 0.6) is 5.75 Å². The van der Waals surface area contributed by atoms with Gasteiger partial charge < -0.3 is 4.74 Å². The van der Waals surface area contributed by atoms with Crippen molar-refractivity contribution in [1.29, 1.82) is 0 Å². The molecular weight excluding hydrogens is 446 g/mol. The Hall–Kier alpha value is -3.66. The van der Waals surface area contributed by atoms with Gasteiger partial charge in [-0.15, -0.1) is 0 Å². The van der Waals surface area contributed by atoms with Crippen molar-refractivity contribution in [3.8, 4) is 16.9 Å². The Labute approximate surface area is 212 Å². The summed E-state index contributed by atoms with van der Waals surface area (Å²) in [5, 5.41) is 1.70. The van der Waals surface area contributed by atoms with Crippen molar-refractivity contribution in [2.45, 2.75) is 64.0 Å². The van der Waals surface area contributed by atoms with Crippen molar-refractivity contribution in [2.75, 3.05) is 0 Å². The Kier molecular flexibility index (Phi) is 5.75. The number of rotatable bonds is 7. The zero-order valence-corrected chi connectivity index (χ0v) is 20.9. The highest BCUT2D eigenvalue weighted by molar-refractivity contribution is 6.27. The van der Waals surface area contributed by atoms with Gasteiger partial charge in [0.2, 0.25) is 0 Å². The van der Waals surface area contributed by atoms with Gasteiger partial charge in [0.05, 0.1) is 0 Å². The van der Waals surface area contributed by atoms with E-state index < -0.39 is 0 Å². The van der Waals surface area contributed by atoms with E-state index in [9.17, 15) is 9.59 Å². The Bertz CT molecular complexity index is 1410. The number of carbonyl (C=O) groups is 2. The maximum atomic E-state index is 13.7. The molecule has 2 aliphatic heterocycles. The van der Waals surface area contributed by atoms with E-state index in [1.807, 2.05) is 36.4 Å². The molecule has 0 saturated heterocycles. The van der Waals surface area contributed by atoms with Gasteiger partial charge in [-0.1, -0.05) is 81.7 Å². The third-order valence-electron chi connectivity index (χ3n) is 7.95. The average molecular weight is 478 g/mol. The van der Waals surface area contributed by atoms with Crippen molar-refractivity contribution in [1.82, 2.24) is 4.90 Å². The van der Waals surface area contributed by atoms with E-state index in [-0.39, 0.29) is 29.9 Å². The number of unbranched alkanes of at least 4 members (excludes halogenated alkanes) is 2. The summed E-state index contributed by atoms with van der Waals surface area (Å²) >= 11 is 0. The maximum absolute atomic E-state index is 13.7. The molecule has 3 aromatic rings. The average Bonchev–Trinajstić information content (AvgIpc) is 3.28. The van der Waals surface area contributed by atoms with Crippen molar-refractivity contribution < 1.29 is 14.3 Å². The van der Waals surface area contributed by atoms with Crippen molar-refractivity contribution in [3.05, 3.63) is 89.5 Å². The molecule has 2 amide bonds. The highest BCUT2D eigenvalue weighted by Gasteiger charge is 2.37. The first-order valence-corrected chi connectivity index (χ1v) is 13.2. The minimum Gasteiger partial charge on any atom is -0.485 e. The number of imide groups is 1. The Morgan fingerprint density at radius 1 is 0.889 bits per heavy atom. The van der Waals surface area contributed by atoms with E-state index in [0.717, 1.165) is 59.8 Å². The van der Waals surface area contributed by atoms with Crippen LogP contribution in [0.15, 0.2) is 72.8 Å². The number of amides is 2. The second-order valence-corrected chi connectivity index (χ2v) is 10.1. The predicted octanol–water partition coefficient (Wildman–Crippen LogP) is 7.43. The van der Waals surface area contributed by atoms with E-state index in [1.165, 1.54) is 10.5 Å². The Morgan fingerprint density at radius 3 is 2.47 bits per heavy atom. The van der Waals surface area contributed by atoms with Crippen LogP contribution in [0.1, 0.15) is 78.1 Å². The molecule has 3 aromatic carbocycles. The van der Waals surface area contributed by atoms with Crippen LogP contribution in [-0.2, 0) is 0 Å². The molecule has 1 aliphatic carbocycles. The van der Waals surface area contributed by atoms with Crippen LogP contribution in [0.2, 0.25) is 0 Å². The van der Waals surface area contributed by atoms with Gasteiger partial charge >= 0.3 is 0 Å². The van der Waals surface area contributed by atoms with E-state index in [0.29, 0.717) is 11.1 Å². The van der Waals surface area contributed by atoms with Gasteiger partial charge in [-0.3, -0.25) is 14.5 Å². The zero-order valence-electron chi connectivity index (χ0n) is 20.9. The minimum atomic E-state index is -0.168. The molecule has 3 unspecified atom stereocenters. The number of nitrogens with zero attached hydrogens (tertiary/aromatic N) is 1. The second kappa shape index (κ2) is 9.09. The molecule has 4 nitrogen and oxygen atoms in total. The molecule has 3 aliphatic rings. The van der Waals surface area contributed by atoms with Gasteiger partial charge in [0.25, 0.3) is 11.8 Å². The molecule has 3 atom stereocenters. The van der Waals surface area contributed by atoms with Crippen molar-refractivity contribution in [3.63, 3.8) is 0 Å². The molecule has 2 heterocycles. The SMILES string of the molecule is CCCCCC(CC)N1C(=O)c2cccc3c(-c4ccc5c(c4)OC4C=CC=CC54)ccc(c23)C1=O. The highest BCUT2D eigenvalue weighted by Crippen LogP contribution is 2.44. The first kappa shape index (κ1) is 22.8. The first-order valence-electron chi connectivity index (χ1n) is 13.2. The molecule has 4 heteroatoms. The lowest BCUT2D eigenvalue weighted by molar-refractivity contribution is 0.0524. The lowest BCUT2D eigenvalue weighted by Crippen LogP contribution is -2.46. The summed E-state index contributed by atoms with van der Waals surface area (Å²) < 4.78 is 6.24. The predicted molar refractivity (Wildman–Crippen MR) is 144 cm³/mol. The highest BCUT2D eigenvalue weighted by atomic mass is 16.5. The number of allylic oxidation sites excluding steroid dienone is 2. The second-order valence-electron chi connectivity index (χ2n) is 10.1. The first-order chi connectivity index (χ1) is 17.6. The molecule has 0 saturated carbocycles. The zero-order chi connectivity index (χ0) is 24.8. The lowest BCUT2D eigenvalue weighted by Gasteiger charge is -2.34. The number of fused-ring (bicyclic) bond motifs is 3. The van der Waals surface area contributed by atoms with Crippen LogP contribution in [-0.4, -0.2) is 28.9 Å². The molecule has 182 valence electrons. The number of hydrogen-bond donors (Lipinski definition) is 0. The van der Waals surface area contributed by atoms with Crippen LogP contribution in [0.3, 0.4) is 0 Å². The quantitative estimate of drug-likeness (QED) is 0.263. The molecule has 0 radical (unpaired) electrons. The van der Waals surface area contributed by atoms with E-state index in [2.05, 4.69) is 50.3 Å². The van der Waals surface area contributed by atoms with Crippen LogP contribution in [0.25, 0.3) is 21.9 Å². The normalized spacial score (nSPS) is 20.4. The fraction of sp³-hybridized carbons (Fsp3) is 0.312. The molecule has 36 heavy (non-hydrogen) atoms. The monoisotopic (exact) mass is 477 g/mol. The summed E-state index contributed by atoms with van der Waals surface area (Å²) in [7, 11) is 0. The summed E-state index contributed by atoms with van der Waals surface area (Å²) in [5.74, 6) is 0.813. The summed E-state index contributed by atoms with van der Waals surface area (Å²) in [4.78, 5) is 28.9. The molecule has 6 rings (SSSR count). The summed E-state index contributed by atoms with van der Waals surface area (Å²) in [6.07, 6.45) is 13.3. The third kappa shape index (κ3) is 3.50. The third-order valence-corrected chi connectivity index (χ3v) is 7.95. The van der Waals surface area contributed by atoms with Crippen LogP contribution < -0.4 is 4.74 Å². The summed E-state index contributed by atoms with van der Waals surface area (Å²) in [6.45, 7) is 4.23. The van der Waals surface area contributed by atoms with Gasteiger partial charge in [0.1, 0.15) is 11.9 Å². The summed E-state index contributed by atoms with van der Waals surface area (Å²) in [6, 6.07) is 16.0. The fourth-order valence-electron chi connectivity index (χ4n) is 6.05. The van der Waals surface area contributed by atoms with Gasteiger partial charge in [-0.05, 0) is 53.6 Å². The van der Waals surface area contributed by atoms with Gasteiger partial charge in [-0.2, -0.15) is 0 Å². The van der Waals surface area contributed by atoms with Crippen LogP contribution in [0, 0.1) is 0 Å². The lowest BCUT2D eigenvalue weighted by atomic mass is 9.87. The van der Waals surface area contributed by atoms with E-state index in [4.69, 9.17) is 4.74 Å². The molecule has 0 fully saturated rings. The largest absolute Gasteiger partial charge is 0.485 e. The standard InChI is InChI=1S/C32H31NO3/c1-3-5-6-10-21(4-2)33-31(34)26-13-9-12-25-22(17-18-27(30(25)26)32(33)35)20-15-16-24-23-11-7-8-14-28(23)36-29(24)19-20/h7-9,11-19,21,23,28H,3-6,10H2,1-2H3. The van der Waals surface area contributed by atoms with E-state index >= 15 is 0 Å². The molecule has 0 spiro atoms. The van der Waals surface area contributed by atoms with Gasteiger partial charge in [-0.25, -0.2) is 0 Å². The van der Waals surface area contributed by atoms with Crippen LogP contribution in [0.4, 0.5) is 0 Å². The van der Waals surface area contributed by atoms with Crippen molar-refractivity contribution >= 4 is 22.6 Å². The Morgan fingerprint density at radius 2 is 1.67 bits per heavy atom. The van der Waals surface area contributed by atoms with Gasteiger partial charge in [0.15, 0.2) is 0 Å². The molecular formula is C32H31NO3. The number of benzene rings is 3. The smallest absolute Gasteiger partial charge is 0.261 e. The number of hydrogen-bond acceptors (Lipinski definition) is 3. The minimum absolute atomic E-state index is 0.0432. The molecule has 0 aromatic heterocycles. The van der Waals surface area contributed by atoms with Crippen molar-refractivity contribution in [2.24, 2.45) is 0 Å². The molecule has 0 bridgehead atoms. The number of ether oxygens (including phenoxy) is 1. The topological polar surface area (TPSA) is 46.6 Å². The fourth-order valence-corrected chi connectivity index (χ4v) is 6.05. The number of carbonyl (C=O) groups excluding carboxylic acids is 2. The maximum Gasteiger partial charge on any atom is 0.261 e. The van der Waals surface area contributed by atoms with E-state index in [1.54, 1.807) is 0 Å². The van der Waals surface area contributed by atoms with Crippen LogP contribution >= 0.6 is 0 Å². The Balaban J connectivity index is 1.41.